The maximum absolute atomic E-state index is 11.4. The van der Waals surface area contributed by atoms with E-state index in [0.717, 1.165) is 12.1 Å². The van der Waals surface area contributed by atoms with E-state index in [2.05, 4.69) is 10.1 Å². The molecule has 0 radical (unpaired) electrons. The van der Waals surface area contributed by atoms with Crippen LogP contribution in [0.2, 0.25) is 0 Å². The summed E-state index contributed by atoms with van der Waals surface area (Å²) in [5.41, 5.74) is 7.33. The minimum Gasteiger partial charge on any atom is -0.384 e. The Labute approximate surface area is 105 Å². The molecular formula is C11H14N4O2S. The topological polar surface area (TPSA) is 90.3 Å². The van der Waals surface area contributed by atoms with Gasteiger partial charge in [0.1, 0.15) is 5.82 Å². The second-order valence-electron chi connectivity index (χ2n) is 4.75. The Morgan fingerprint density at radius 1 is 1.50 bits per heavy atom. The first-order valence-electron chi connectivity index (χ1n) is 5.83. The van der Waals surface area contributed by atoms with Crippen LogP contribution in [-0.2, 0) is 16.3 Å². The maximum atomic E-state index is 11.4. The summed E-state index contributed by atoms with van der Waals surface area (Å²) in [6, 6.07) is 3.55. The van der Waals surface area contributed by atoms with Crippen molar-refractivity contribution in [3.63, 3.8) is 0 Å². The lowest BCUT2D eigenvalue weighted by molar-refractivity contribution is 0.575. The zero-order valence-corrected chi connectivity index (χ0v) is 10.6. The maximum Gasteiger partial charge on any atom is 0.157 e. The molecule has 1 aliphatic rings. The van der Waals surface area contributed by atoms with Crippen molar-refractivity contribution in [2.75, 3.05) is 17.2 Å². The zero-order valence-electron chi connectivity index (χ0n) is 9.78. The van der Waals surface area contributed by atoms with E-state index in [0.29, 0.717) is 23.6 Å². The molecule has 6 nitrogen and oxygen atoms in total. The van der Waals surface area contributed by atoms with E-state index < -0.39 is 9.84 Å². The molecule has 0 aliphatic carbocycles. The van der Waals surface area contributed by atoms with Gasteiger partial charge in [-0.25, -0.2) is 13.4 Å². The van der Waals surface area contributed by atoms with Gasteiger partial charge in [0.2, 0.25) is 0 Å². The Balaban J connectivity index is 1.86. The van der Waals surface area contributed by atoms with Crippen LogP contribution in [0.3, 0.4) is 0 Å². The molecule has 1 unspecified atom stereocenters. The molecular weight excluding hydrogens is 252 g/mol. The van der Waals surface area contributed by atoms with Crippen LogP contribution < -0.4 is 5.73 Å². The fourth-order valence-electron chi connectivity index (χ4n) is 2.39. The third kappa shape index (κ3) is 2.05. The first-order chi connectivity index (χ1) is 8.53. The smallest absolute Gasteiger partial charge is 0.157 e. The molecule has 3 rings (SSSR count). The summed E-state index contributed by atoms with van der Waals surface area (Å²) in [6.07, 6.45) is 3.03. The summed E-state index contributed by atoms with van der Waals surface area (Å²) in [4.78, 5) is 4.17. The van der Waals surface area contributed by atoms with E-state index in [4.69, 9.17) is 5.73 Å². The highest BCUT2D eigenvalue weighted by Crippen LogP contribution is 2.22. The van der Waals surface area contributed by atoms with E-state index in [1.807, 2.05) is 6.07 Å². The van der Waals surface area contributed by atoms with Crippen LogP contribution in [0.1, 0.15) is 12.1 Å². The molecule has 18 heavy (non-hydrogen) atoms. The standard InChI is InChI=1S/C11H14N4O2S/c12-10-1-3-13-11-6-9(14-15(10)11)5-8-2-4-18(16,17)7-8/h1,3,6,8H,2,4-5,7,12H2. The number of nitrogens with two attached hydrogens (primary N) is 1. The molecule has 0 aromatic carbocycles. The molecule has 2 N–H and O–H groups in total. The zero-order chi connectivity index (χ0) is 12.8. The average Bonchev–Trinajstić information content (AvgIpc) is 2.83. The molecule has 3 heterocycles. The van der Waals surface area contributed by atoms with Gasteiger partial charge in [-0.05, 0) is 24.8 Å². The van der Waals surface area contributed by atoms with E-state index in [1.54, 1.807) is 16.8 Å². The number of nitrogens with zero attached hydrogens (tertiary/aromatic N) is 3. The minimum atomic E-state index is -2.83. The number of hydrogen-bond acceptors (Lipinski definition) is 5. The fourth-order valence-corrected chi connectivity index (χ4v) is 4.25. The van der Waals surface area contributed by atoms with Crippen LogP contribution in [-0.4, -0.2) is 34.5 Å². The summed E-state index contributed by atoms with van der Waals surface area (Å²) < 4.78 is 24.4. The van der Waals surface area contributed by atoms with Crippen LogP contribution >= 0.6 is 0 Å². The highest BCUT2D eigenvalue weighted by molar-refractivity contribution is 7.91. The largest absolute Gasteiger partial charge is 0.384 e. The van der Waals surface area contributed by atoms with E-state index in [-0.39, 0.29) is 11.7 Å². The van der Waals surface area contributed by atoms with E-state index in [1.165, 1.54) is 0 Å². The van der Waals surface area contributed by atoms with Gasteiger partial charge in [-0.15, -0.1) is 0 Å². The highest BCUT2D eigenvalue weighted by Gasteiger charge is 2.28. The summed E-state index contributed by atoms with van der Waals surface area (Å²) >= 11 is 0. The second kappa shape index (κ2) is 3.94. The van der Waals surface area contributed by atoms with Gasteiger partial charge in [-0.2, -0.15) is 9.61 Å². The molecule has 96 valence electrons. The van der Waals surface area contributed by atoms with Gasteiger partial charge < -0.3 is 5.73 Å². The molecule has 1 aliphatic heterocycles. The number of fused-ring (bicyclic) bond motifs is 1. The van der Waals surface area contributed by atoms with Gasteiger partial charge in [0, 0.05) is 12.3 Å². The summed E-state index contributed by atoms with van der Waals surface area (Å²) in [5.74, 6) is 1.27. The number of sulfone groups is 1. The molecule has 0 saturated carbocycles. The summed E-state index contributed by atoms with van der Waals surface area (Å²) in [6.45, 7) is 0. The molecule has 2 aromatic heterocycles. The van der Waals surface area contributed by atoms with Crippen molar-refractivity contribution in [1.29, 1.82) is 0 Å². The van der Waals surface area contributed by atoms with Crippen LogP contribution in [0.5, 0.6) is 0 Å². The van der Waals surface area contributed by atoms with Crippen LogP contribution in [0.15, 0.2) is 18.3 Å². The predicted molar refractivity (Wildman–Crippen MR) is 67.9 cm³/mol. The summed E-state index contributed by atoms with van der Waals surface area (Å²) in [5, 5.41) is 4.36. The number of nitrogen functional groups attached to an aromatic ring is 1. The molecule has 7 heteroatoms. The third-order valence-corrected chi connectivity index (χ3v) is 5.10. The highest BCUT2D eigenvalue weighted by atomic mass is 32.2. The second-order valence-corrected chi connectivity index (χ2v) is 6.98. The van der Waals surface area contributed by atoms with Gasteiger partial charge in [0.25, 0.3) is 0 Å². The lowest BCUT2D eigenvalue weighted by Crippen LogP contribution is -2.08. The first kappa shape index (κ1) is 11.5. The molecule has 1 saturated heterocycles. The quantitative estimate of drug-likeness (QED) is 0.843. The van der Waals surface area contributed by atoms with Crippen molar-refractivity contribution in [3.05, 3.63) is 24.0 Å². The Morgan fingerprint density at radius 2 is 2.33 bits per heavy atom. The van der Waals surface area contributed by atoms with E-state index in [9.17, 15) is 8.42 Å². The van der Waals surface area contributed by atoms with Crippen molar-refractivity contribution in [2.45, 2.75) is 12.8 Å². The van der Waals surface area contributed by atoms with Crippen molar-refractivity contribution in [3.8, 4) is 0 Å². The van der Waals surface area contributed by atoms with Crippen molar-refractivity contribution in [2.24, 2.45) is 5.92 Å². The number of hydrogen-bond donors (Lipinski definition) is 1. The van der Waals surface area contributed by atoms with Crippen LogP contribution in [0.4, 0.5) is 5.82 Å². The van der Waals surface area contributed by atoms with Gasteiger partial charge in [-0.1, -0.05) is 0 Å². The molecule has 0 spiro atoms. The van der Waals surface area contributed by atoms with Crippen LogP contribution in [0.25, 0.3) is 5.65 Å². The molecule has 2 aromatic rings. The van der Waals surface area contributed by atoms with Gasteiger partial charge >= 0.3 is 0 Å². The van der Waals surface area contributed by atoms with E-state index >= 15 is 0 Å². The predicted octanol–water partition coefficient (Wildman–Crippen LogP) is 0.289. The molecule has 1 atom stereocenters. The first-order valence-corrected chi connectivity index (χ1v) is 7.65. The SMILES string of the molecule is Nc1ccnc2cc(CC3CCS(=O)(=O)C3)nn12. The number of anilines is 1. The van der Waals surface area contributed by atoms with Gasteiger partial charge in [0.05, 0.1) is 17.2 Å². The molecule has 0 amide bonds. The normalized spacial score (nSPS) is 22.6. The lowest BCUT2D eigenvalue weighted by Gasteiger charge is -2.03. The number of aromatic nitrogens is 3. The Morgan fingerprint density at radius 3 is 3.00 bits per heavy atom. The Hall–Kier alpha value is -1.63. The third-order valence-electron chi connectivity index (χ3n) is 3.26. The Bertz CT molecular complexity index is 692. The minimum absolute atomic E-state index is 0.168. The number of rotatable bonds is 2. The van der Waals surface area contributed by atoms with Crippen molar-refractivity contribution >= 4 is 21.3 Å². The molecule has 1 fully saturated rings. The Kier molecular flexibility index (Phi) is 2.51. The summed E-state index contributed by atoms with van der Waals surface area (Å²) in [7, 11) is -2.83. The van der Waals surface area contributed by atoms with Gasteiger partial charge in [-0.3, -0.25) is 0 Å². The average molecular weight is 266 g/mol. The van der Waals surface area contributed by atoms with Gasteiger partial charge in [0.15, 0.2) is 15.5 Å². The van der Waals surface area contributed by atoms with Crippen LogP contribution in [0, 0.1) is 5.92 Å². The van der Waals surface area contributed by atoms with Crippen molar-refractivity contribution < 1.29 is 8.42 Å². The fraction of sp³-hybridized carbons (Fsp3) is 0.455. The van der Waals surface area contributed by atoms with Crippen molar-refractivity contribution in [1.82, 2.24) is 14.6 Å². The monoisotopic (exact) mass is 266 g/mol. The lowest BCUT2D eigenvalue weighted by atomic mass is 10.0. The molecule has 0 bridgehead atoms.